The zero-order chi connectivity index (χ0) is 13.8. The van der Waals surface area contributed by atoms with Crippen LogP contribution in [0.2, 0.25) is 0 Å². The van der Waals surface area contributed by atoms with Crippen molar-refractivity contribution in [2.75, 3.05) is 6.54 Å². The van der Waals surface area contributed by atoms with Crippen molar-refractivity contribution < 1.29 is 4.42 Å². The van der Waals surface area contributed by atoms with Crippen LogP contribution in [0, 0.1) is 0 Å². The van der Waals surface area contributed by atoms with Gasteiger partial charge < -0.3 is 9.73 Å². The molecule has 2 aromatic rings. The molecule has 2 heteroatoms. The molecule has 0 amide bonds. The zero-order valence-corrected chi connectivity index (χ0v) is 12.5. The monoisotopic (exact) mass is 259 g/mol. The van der Waals surface area contributed by atoms with Crippen LogP contribution in [0.1, 0.15) is 63.8 Å². The topological polar surface area (TPSA) is 25.2 Å². The fraction of sp³-hybridized carbons (Fsp3) is 0.529. The highest BCUT2D eigenvalue weighted by Crippen LogP contribution is 2.29. The Bertz CT molecular complexity index is 529. The van der Waals surface area contributed by atoms with Crippen LogP contribution < -0.4 is 5.32 Å². The summed E-state index contributed by atoms with van der Waals surface area (Å²) in [5, 5.41) is 4.69. The summed E-state index contributed by atoms with van der Waals surface area (Å²) in [6.45, 7) is 9.79. The molecule has 19 heavy (non-hydrogen) atoms. The zero-order valence-electron chi connectivity index (χ0n) is 12.5. The second-order valence-electron chi connectivity index (χ2n) is 5.27. The van der Waals surface area contributed by atoms with Crippen molar-refractivity contribution in [2.45, 2.75) is 52.5 Å². The Morgan fingerprint density at radius 3 is 2.53 bits per heavy atom. The van der Waals surface area contributed by atoms with Crippen LogP contribution in [0.15, 0.2) is 28.7 Å². The van der Waals surface area contributed by atoms with Gasteiger partial charge in [0.15, 0.2) is 0 Å². The van der Waals surface area contributed by atoms with E-state index < -0.39 is 0 Å². The highest BCUT2D eigenvalue weighted by Gasteiger charge is 2.14. The summed E-state index contributed by atoms with van der Waals surface area (Å²) in [5.41, 5.74) is 2.40. The van der Waals surface area contributed by atoms with E-state index in [4.69, 9.17) is 4.42 Å². The summed E-state index contributed by atoms with van der Waals surface area (Å²) in [6, 6.07) is 9.09. The maximum Gasteiger partial charge on any atom is 0.134 e. The average molecular weight is 259 g/mol. The first-order chi connectivity index (χ1) is 9.19. The van der Waals surface area contributed by atoms with Gasteiger partial charge in [-0.15, -0.1) is 0 Å². The van der Waals surface area contributed by atoms with E-state index in [1.165, 1.54) is 17.4 Å². The van der Waals surface area contributed by atoms with Gasteiger partial charge in [-0.1, -0.05) is 33.8 Å². The highest BCUT2D eigenvalue weighted by molar-refractivity contribution is 5.79. The molecule has 1 aromatic heterocycles. The van der Waals surface area contributed by atoms with Gasteiger partial charge in [-0.05, 0) is 49.1 Å². The molecule has 1 N–H and O–H groups in total. The molecule has 104 valence electrons. The lowest BCUT2D eigenvalue weighted by atomic mass is 9.97. The SMILES string of the molecule is CCNC(CC)c1cc2cc(C(C)CC)ccc2o1. The van der Waals surface area contributed by atoms with Crippen molar-refractivity contribution in [2.24, 2.45) is 0 Å². The second kappa shape index (κ2) is 6.25. The smallest absolute Gasteiger partial charge is 0.134 e. The quantitative estimate of drug-likeness (QED) is 0.789. The normalized spacial score (nSPS) is 14.7. The lowest BCUT2D eigenvalue weighted by molar-refractivity contribution is 0.428. The largest absolute Gasteiger partial charge is 0.459 e. The van der Waals surface area contributed by atoms with E-state index in [0.717, 1.165) is 24.3 Å². The fourth-order valence-electron chi connectivity index (χ4n) is 2.49. The maximum atomic E-state index is 5.98. The van der Waals surface area contributed by atoms with Crippen molar-refractivity contribution in [1.82, 2.24) is 5.32 Å². The van der Waals surface area contributed by atoms with Gasteiger partial charge in [-0.25, -0.2) is 0 Å². The van der Waals surface area contributed by atoms with Crippen molar-refractivity contribution in [3.8, 4) is 0 Å². The summed E-state index contributed by atoms with van der Waals surface area (Å²) < 4.78 is 5.98. The Labute approximate surface area is 116 Å². The van der Waals surface area contributed by atoms with Gasteiger partial charge in [0.25, 0.3) is 0 Å². The summed E-state index contributed by atoms with van der Waals surface area (Å²) in [7, 11) is 0. The third-order valence-corrected chi connectivity index (χ3v) is 3.94. The van der Waals surface area contributed by atoms with Gasteiger partial charge in [-0.3, -0.25) is 0 Å². The van der Waals surface area contributed by atoms with Gasteiger partial charge >= 0.3 is 0 Å². The molecule has 0 aliphatic rings. The Morgan fingerprint density at radius 2 is 1.89 bits per heavy atom. The minimum absolute atomic E-state index is 0.324. The third kappa shape index (κ3) is 3.01. The highest BCUT2D eigenvalue weighted by atomic mass is 16.3. The predicted molar refractivity (Wildman–Crippen MR) is 81.6 cm³/mol. The molecule has 2 atom stereocenters. The molecule has 2 nitrogen and oxygen atoms in total. The fourth-order valence-corrected chi connectivity index (χ4v) is 2.49. The molecular weight excluding hydrogens is 234 g/mol. The van der Waals surface area contributed by atoms with Crippen molar-refractivity contribution >= 4 is 11.0 Å². The Balaban J connectivity index is 2.34. The molecule has 0 spiro atoms. The van der Waals surface area contributed by atoms with Crippen LogP contribution >= 0.6 is 0 Å². The van der Waals surface area contributed by atoms with Gasteiger partial charge in [0.1, 0.15) is 11.3 Å². The number of fused-ring (bicyclic) bond motifs is 1. The molecule has 0 bridgehead atoms. The van der Waals surface area contributed by atoms with Crippen LogP contribution in [0.4, 0.5) is 0 Å². The standard InChI is InChI=1S/C17H25NO/c1-5-12(4)13-8-9-16-14(10-13)11-17(19-16)15(6-2)18-7-3/h8-12,15,18H,5-7H2,1-4H3. The average Bonchev–Trinajstić information content (AvgIpc) is 2.86. The number of rotatable bonds is 6. The molecule has 1 heterocycles. The molecule has 0 aliphatic heterocycles. The summed E-state index contributed by atoms with van der Waals surface area (Å²) in [4.78, 5) is 0. The molecule has 0 fully saturated rings. The first-order valence-corrected chi connectivity index (χ1v) is 7.46. The molecule has 0 radical (unpaired) electrons. The minimum atomic E-state index is 0.324. The number of benzene rings is 1. The summed E-state index contributed by atoms with van der Waals surface area (Å²) >= 11 is 0. The van der Waals surface area contributed by atoms with Crippen molar-refractivity contribution in [3.05, 3.63) is 35.6 Å². The van der Waals surface area contributed by atoms with Gasteiger partial charge in [-0.2, -0.15) is 0 Å². The second-order valence-corrected chi connectivity index (χ2v) is 5.27. The van der Waals surface area contributed by atoms with E-state index in [1.54, 1.807) is 0 Å². The number of hydrogen-bond acceptors (Lipinski definition) is 2. The van der Waals surface area contributed by atoms with Gasteiger partial charge in [0.2, 0.25) is 0 Å². The first kappa shape index (κ1) is 14.1. The summed E-state index contributed by atoms with van der Waals surface area (Å²) in [6.07, 6.45) is 2.22. The predicted octanol–water partition coefficient (Wildman–Crippen LogP) is 5.01. The van der Waals surface area contributed by atoms with Crippen LogP contribution in [-0.4, -0.2) is 6.54 Å². The Morgan fingerprint density at radius 1 is 1.11 bits per heavy atom. The van der Waals surface area contributed by atoms with Gasteiger partial charge in [0.05, 0.1) is 6.04 Å². The van der Waals surface area contributed by atoms with E-state index in [0.29, 0.717) is 12.0 Å². The lowest BCUT2D eigenvalue weighted by Gasteiger charge is -2.11. The molecule has 0 aliphatic carbocycles. The third-order valence-electron chi connectivity index (χ3n) is 3.94. The summed E-state index contributed by atoms with van der Waals surface area (Å²) in [5.74, 6) is 1.67. The van der Waals surface area contributed by atoms with E-state index in [2.05, 4.69) is 57.3 Å². The molecule has 0 saturated carbocycles. The van der Waals surface area contributed by atoms with E-state index in [-0.39, 0.29) is 0 Å². The van der Waals surface area contributed by atoms with E-state index in [9.17, 15) is 0 Å². The van der Waals surface area contributed by atoms with E-state index >= 15 is 0 Å². The van der Waals surface area contributed by atoms with Crippen LogP contribution in [0.3, 0.4) is 0 Å². The minimum Gasteiger partial charge on any atom is -0.459 e. The number of nitrogens with one attached hydrogen (secondary N) is 1. The number of hydrogen-bond donors (Lipinski definition) is 1. The molecular formula is C17H25NO. The molecule has 1 aromatic carbocycles. The van der Waals surface area contributed by atoms with Gasteiger partial charge in [0, 0.05) is 5.39 Å². The van der Waals surface area contributed by atoms with Crippen molar-refractivity contribution in [1.29, 1.82) is 0 Å². The van der Waals surface area contributed by atoms with Crippen LogP contribution in [-0.2, 0) is 0 Å². The lowest BCUT2D eigenvalue weighted by Crippen LogP contribution is -2.19. The Hall–Kier alpha value is -1.28. The van der Waals surface area contributed by atoms with Crippen LogP contribution in [0.5, 0.6) is 0 Å². The van der Waals surface area contributed by atoms with E-state index in [1.807, 2.05) is 0 Å². The molecule has 2 rings (SSSR count). The molecule has 0 saturated heterocycles. The Kier molecular flexibility index (Phi) is 4.65. The first-order valence-electron chi connectivity index (χ1n) is 7.46. The van der Waals surface area contributed by atoms with Crippen molar-refractivity contribution in [3.63, 3.8) is 0 Å². The molecule has 2 unspecified atom stereocenters. The van der Waals surface area contributed by atoms with Crippen LogP contribution in [0.25, 0.3) is 11.0 Å². The maximum absolute atomic E-state index is 5.98. The number of furan rings is 1.